The van der Waals surface area contributed by atoms with Crippen molar-refractivity contribution in [2.24, 2.45) is 21.6 Å². The van der Waals surface area contributed by atoms with Gasteiger partial charge in [0.05, 0.1) is 28.9 Å². The van der Waals surface area contributed by atoms with Gasteiger partial charge in [-0.25, -0.2) is 23.4 Å². The van der Waals surface area contributed by atoms with Crippen molar-refractivity contribution < 1.29 is 23.1 Å². The summed E-state index contributed by atoms with van der Waals surface area (Å²) in [5.41, 5.74) is 7.27. The number of esters is 1. The fourth-order valence-corrected chi connectivity index (χ4v) is 6.18. The summed E-state index contributed by atoms with van der Waals surface area (Å²) in [6, 6.07) is 16.7. The smallest absolute Gasteiger partial charge is 0.306 e. The van der Waals surface area contributed by atoms with Crippen molar-refractivity contribution in [2.75, 3.05) is 6.61 Å². The number of nitrogens with zero attached hydrogens (tertiary/aromatic N) is 6. The molecule has 0 radical (unpaired) electrons. The second-order valence-corrected chi connectivity index (χ2v) is 14.9. The number of hydrogen-bond acceptors (Lipinski definition) is 8. The third kappa shape index (κ3) is 7.80. The Kier molecular flexibility index (Phi) is 9.92. The molecule has 0 spiro atoms. The number of aromatic nitrogens is 4. The Balaban J connectivity index is 1.60. The van der Waals surface area contributed by atoms with Gasteiger partial charge in [0, 0.05) is 11.8 Å². The highest BCUT2D eigenvalue weighted by Crippen LogP contribution is 2.45. The summed E-state index contributed by atoms with van der Waals surface area (Å²) in [7, 11) is 0. The monoisotopic (exact) mass is 691 g/mol. The first-order chi connectivity index (χ1) is 23.0. The molecule has 10 nitrogen and oxygen atoms in total. The molecule has 0 aliphatic carbocycles. The molecule has 2 N–H and O–H groups in total. The summed E-state index contributed by atoms with van der Waals surface area (Å²) in [5, 5.41) is 4.08. The first kappa shape index (κ1) is 35.6. The number of nitrogens with two attached hydrogens (primary N) is 1. The Hall–Kier alpha value is -4.71. The fraction of sp³-hybridized carbons (Fsp3) is 0.389. The molecule has 2 aromatic carbocycles. The molecule has 0 saturated carbocycles. The summed E-state index contributed by atoms with van der Waals surface area (Å²) in [6.07, 6.45) is 0.210. The van der Waals surface area contributed by atoms with E-state index in [1.807, 2.05) is 84.0 Å². The highest BCUT2D eigenvalue weighted by atomic mass is 35.5. The van der Waals surface area contributed by atoms with E-state index in [1.54, 1.807) is 12.3 Å². The van der Waals surface area contributed by atoms with E-state index in [4.69, 9.17) is 27.1 Å². The van der Waals surface area contributed by atoms with Gasteiger partial charge in [-0.1, -0.05) is 89.5 Å². The van der Waals surface area contributed by atoms with Crippen LogP contribution in [0.2, 0.25) is 5.02 Å². The molecule has 2 atom stereocenters. The second-order valence-electron chi connectivity index (χ2n) is 14.5. The van der Waals surface area contributed by atoms with Crippen LogP contribution in [0.1, 0.15) is 83.8 Å². The average molecular weight is 692 g/mol. The van der Waals surface area contributed by atoms with Gasteiger partial charge in [-0.05, 0) is 52.6 Å². The topological polar surface area (TPSA) is 129 Å². The van der Waals surface area contributed by atoms with Crippen LogP contribution in [0.15, 0.2) is 78.2 Å². The minimum atomic E-state index is -2.93. The number of benzene rings is 2. The molecule has 5 rings (SSSR count). The maximum atomic E-state index is 14.9. The first-order valence-corrected chi connectivity index (χ1v) is 16.2. The number of amides is 1. The van der Waals surface area contributed by atoms with Crippen LogP contribution in [0.25, 0.3) is 16.9 Å². The van der Waals surface area contributed by atoms with Crippen LogP contribution in [0.3, 0.4) is 0 Å². The standard InChI is InChI=1S/C36H40ClF2N7O3/c1-34(2,3)18-29(47)49-19-28(23-12-15-25(37)27(17-23)46-31(30(38)39)42-21-43-46)45-32(48)36(44-33(45)40,20-35(4,5)6)24-13-10-22(11-14-24)26-9-7-8-16-41-26/h7-17,21,28,30H,18-20H2,1-6H3,(H2,40,44)/t28-,36-/m1/s1. The number of aliphatic imine (C=N–C) groups is 1. The maximum Gasteiger partial charge on any atom is 0.306 e. The van der Waals surface area contributed by atoms with Crippen molar-refractivity contribution in [2.45, 2.75) is 72.4 Å². The molecule has 0 bridgehead atoms. The van der Waals surface area contributed by atoms with Crippen LogP contribution in [0, 0.1) is 10.8 Å². The van der Waals surface area contributed by atoms with E-state index >= 15 is 0 Å². The Bertz CT molecular complexity index is 1850. The van der Waals surface area contributed by atoms with E-state index in [0.29, 0.717) is 17.5 Å². The molecule has 2 aromatic heterocycles. The highest BCUT2D eigenvalue weighted by molar-refractivity contribution is 6.32. The number of ether oxygens (including phenoxy) is 1. The van der Waals surface area contributed by atoms with Gasteiger partial charge in [0.25, 0.3) is 12.3 Å². The zero-order valence-corrected chi connectivity index (χ0v) is 29.1. The number of guanidine groups is 1. The molecule has 3 heterocycles. The van der Waals surface area contributed by atoms with Crippen molar-refractivity contribution in [1.29, 1.82) is 0 Å². The maximum absolute atomic E-state index is 14.9. The number of rotatable bonds is 10. The third-order valence-corrected chi connectivity index (χ3v) is 8.29. The Morgan fingerprint density at radius 2 is 1.71 bits per heavy atom. The number of halogens is 3. The van der Waals surface area contributed by atoms with Gasteiger partial charge in [0.15, 0.2) is 17.3 Å². The molecule has 258 valence electrons. The second kappa shape index (κ2) is 13.7. The van der Waals surface area contributed by atoms with Gasteiger partial charge in [-0.2, -0.15) is 5.10 Å². The van der Waals surface area contributed by atoms with Gasteiger partial charge < -0.3 is 10.5 Å². The van der Waals surface area contributed by atoms with Gasteiger partial charge in [0.1, 0.15) is 12.9 Å². The first-order valence-electron chi connectivity index (χ1n) is 15.8. The van der Waals surface area contributed by atoms with Crippen LogP contribution in [-0.4, -0.2) is 49.1 Å². The van der Waals surface area contributed by atoms with Crippen LogP contribution in [-0.2, 0) is 19.9 Å². The molecule has 1 aliphatic rings. The minimum absolute atomic E-state index is 0.0783. The van der Waals surface area contributed by atoms with Crippen LogP contribution in [0.5, 0.6) is 0 Å². The lowest BCUT2D eigenvalue weighted by Crippen LogP contribution is -2.47. The Morgan fingerprint density at radius 1 is 1.00 bits per heavy atom. The summed E-state index contributed by atoms with van der Waals surface area (Å²) in [6.45, 7) is 11.5. The molecule has 0 saturated heterocycles. The third-order valence-electron chi connectivity index (χ3n) is 7.98. The van der Waals surface area contributed by atoms with Crippen LogP contribution in [0.4, 0.5) is 8.78 Å². The lowest BCUT2D eigenvalue weighted by molar-refractivity contribution is -0.149. The van der Waals surface area contributed by atoms with Crippen molar-refractivity contribution in [1.82, 2.24) is 24.6 Å². The van der Waals surface area contributed by atoms with Gasteiger partial charge in [-0.3, -0.25) is 19.5 Å². The highest BCUT2D eigenvalue weighted by Gasteiger charge is 2.53. The van der Waals surface area contributed by atoms with E-state index in [0.717, 1.165) is 22.3 Å². The number of pyridine rings is 1. The molecule has 1 aliphatic heterocycles. The molecular weight excluding hydrogens is 652 g/mol. The Labute approximate surface area is 289 Å². The molecule has 13 heteroatoms. The van der Waals surface area contributed by atoms with Crippen molar-refractivity contribution in [3.63, 3.8) is 0 Å². The molecule has 0 fully saturated rings. The van der Waals surface area contributed by atoms with Crippen LogP contribution >= 0.6 is 11.6 Å². The summed E-state index contributed by atoms with van der Waals surface area (Å²) < 4.78 is 34.4. The van der Waals surface area contributed by atoms with Crippen molar-refractivity contribution >= 4 is 29.4 Å². The molecule has 0 unspecified atom stereocenters. The zero-order chi connectivity index (χ0) is 35.7. The predicted octanol–water partition coefficient (Wildman–Crippen LogP) is 7.43. The number of alkyl halides is 2. The summed E-state index contributed by atoms with van der Waals surface area (Å²) in [4.78, 5) is 42.2. The molecule has 4 aromatic rings. The van der Waals surface area contributed by atoms with E-state index < -0.39 is 35.7 Å². The number of hydrogen-bond donors (Lipinski definition) is 1. The van der Waals surface area contributed by atoms with E-state index in [2.05, 4.69) is 15.1 Å². The zero-order valence-electron chi connectivity index (χ0n) is 28.3. The lowest BCUT2D eigenvalue weighted by atomic mass is 9.75. The predicted molar refractivity (Wildman–Crippen MR) is 183 cm³/mol. The largest absolute Gasteiger partial charge is 0.463 e. The summed E-state index contributed by atoms with van der Waals surface area (Å²) in [5.74, 6) is -1.58. The average Bonchev–Trinajstić information content (AvgIpc) is 3.60. The molecular formula is C36H40ClF2N7O3. The molecule has 1 amide bonds. The minimum Gasteiger partial charge on any atom is -0.463 e. The molecule has 49 heavy (non-hydrogen) atoms. The van der Waals surface area contributed by atoms with E-state index in [-0.39, 0.29) is 40.5 Å². The van der Waals surface area contributed by atoms with Crippen molar-refractivity contribution in [3.05, 3.63) is 95.2 Å². The summed E-state index contributed by atoms with van der Waals surface area (Å²) >= 11 is 6.49. The quantitative estimate of drug-likeness (QED) is 0.171. The van der Waals surface area contributed by atoms with Gasteiger partial charge in [-0.15, -0.1) is 0 Å². The van der Waals surface area contributed by atoms with Gasteiger partial charge >= 0.3 is 5.97 Å². The fourth-order valence-electron chi connectivity index (χ4n) is 5.98. The van der Waals surface area contributed by atoms with E-state index in [9.17, 15) is 18.4 Å². The number of carbonyl (C=O) groups excluding carboxylic acids is 2. The number of carbonyl (C=O) groups is 2. The SMILES string of the molecule is CC(C)(C)CC(=O)OC[C@H](c1ccc(Cl)c(-n2ncnc2C(F)F)c1)N1C(=O)[C@@](CC(C)(C)C)(c2ccc(-c3ccccn3)cc2)N=C1N. The van der Waals surface area contributed by atoms with Crippen LogP contribution < -0.4 is 5.73 Å². The Morgan fingerprint density at radius 3 is 2.33 bits per heavy atom. The van der Waals surface area contributed by atoms with Gasteiger partial charge in [0.2, 0.25) is 0 Å². The van der Waals surface area contributed by atoms with E-state index in [1.165, 1.54) is 17.0 Å². The van der Waals surface area contributed by atoms with Crippen molar-refractivity contribution in [3.8, 4) is 16.9 Å². The normalized spacial score (nSPS) is 17.4. The lowest BCUT2D eigenvalue weighted by Gasteiger charge is -2.35.